The van der Waals surface area contributed by atoms with Gasteiger partial charge in [0.25, 0.3) is 5.91 Å². The van der Waals surface area contributed by atoms with Crippen molar-refractivity contribution in [3.05, 3.63) is 35.9 Å². The predicted molar refractivity (Wildman–Crippen MR) is 77.6 cm³/mol. The Morgan fingerprint density at radius 1 is 1.21 bits per heavy atom. The van der Waals surface area contributed by atoms with Gasteiger partial charge < -0.3 is 5.32 Å². The van der Waals surface area contributed by atoms with Crippen molar-refractivity contribution >= 4 is 15.6 Å². The molecule has 5 heteroatoms. The third kappa shape index (κ3) is 3.22. The van der Waals surface area contributed by atoms with E-state index in [-0.39, 0.29) is 5.91 Å². The van der Waals surface area contributed by atoms with Gasteiger partial charge in [0.15, 0.2) is 0 Å². The Balaban J connectivity index is 2.29. The summed E-state index contributed by atoms with van der Waals surface area (Å²) < 4.78 is 16.5. The Bertz CT molecular complexity index is 560. The molecule has 2 rings (SSSR count). The number of amides is 1. The molecule has 1 aromatic rings. The van der Waals surface area contributed by atoms with Gasteiger partial charge in [-0.3, -0.25) is 4.79 Å². The van der Waals surface area contributed by atoms with Gasteiger partial charge in [-0.1, -0.05) is 30.3 Å². The predicted octanol–water partition coefficient (Wildman–Crippen LogP) is 1.56. The van der Waals surface area contributed by atoms with Crippen molar-refractivity contribution in [3.63, 3.8) is 0 Å². The fourth-order valence-corrected chi connectivity index (χ4v) is 3.87. The zero-order valence-electron chi connectivity index (χ0n) is 11.4. The Labute approximate surface area is 114 Å². The van der Waals surface area contributed by atoms with Crippen LogP contribution in [0.2, 0.25) is 0 Å². The summed E-state index contributed by atoms with van der Waals surface area (Å²) in [6.07, 6.45) is 0. The maximum absolute atomic E-state index is 12.5. The van der Waals surface area contributed by atoms with Gasteiger partial charge in [0.1, 0.15) is 0 Å². The molecule has 1 aromatic carbocycles. The first-order chi connectivity index (χ1) is 8.94. The van der Waals surface area contributed by atoms with Gasteiger partial charge >= 0.3 is 0 Å². The summed E-state index contributed by atoms with van der Waals surface area (Å²) in [7, 11) is -2.37. The smallest absolute Gasteiger partial charge is 0.263 e. The van der Waals surface area contributed by atoms with Gasteiger partial charge in [0, 0.05) is 24.6 Å². The molecule has 0 spiro atoms. The minimum Gasteiger partial charge on any atom is -0.315 e. The van der Waals surface area contributed by atoms with Gasteiger partial charge in [-0.15, -0.1) is 0 Å². The molecule has 0 aromatic heterocycles. The average Bonchev–Trinajstić information content (AvgIpc) is 2.40. The molecule has 1 aliphatic heterocycles. The minimum atomic E-state index is -2.37. The Hall–Kier alpha value is -1.20. The molecule has 1 N–H and O–H groups in total. The van der Waals surface area contributed by atoms with Crippen LogP contribution in [0.4, 0.5) is 0 Å². The standard InChI is InChI=1S/C14H20N2O2S/c1-14(2,12-6-4-3-5-7-12)13(17)16-19(18)10-8-15-9-11-19/h3-7,15H,8-11H2,1-2H3. The van der Waals surface area contributed by atoms with Crippen LogP contribution in [0.1, 0.15) is 19.4 Å². The second-order valence-electron chi connectivity index (χ2n) is 5.32. The van der Waals surface area contributed by atoms with Crippen LogP contribution in [0.15, 0.2) is 34.7 Å². The van der Waals surface area contributed by atoms with E-state index in [0.29, 0.717) is 24.6 Å². The lowest BCUT2D eigenvalue weighted by atomic mass is 9.84. The third-order valence-electron chi connectivity index (χ3n) is 3.48. The van der Waals surface area contributed by atoms with E-state index in [4.69, 9.17) is 0 Å². The molecular formula is C14H20N2O2S. The lowest BCUT2D eigenvalue weighted by Gasteiger charge is -2.23. The van der Waals surface area contributed by atoms with Crippen LogP contribution in [0.25, 0.3) is 0 Å². The maximum Gasteiger partial charge on any atom is 0.263 e. The van der Waals surface area contributed by atoms with Crippen molar-refractivity contribution in [1.29, 1.82) is 0 Å². The van der Waals surface area contributed by atoms with Crippen molar-refractivity contribution in [2.24, 2.45) is 4.36 Å². The van der Waals surface area contributed by atoms with E-state index >= 15 is 0 Å². The summed E-state index contributed by atoms with van der Waals surface area (Å²) in [4.78, 5) is 12.4. The summed E-state index contributed by atoms with van der Waals surface area (Å²) in [6, 6.07) is 9.52. The molecule has 104 valence electrons. The first-order valence-electron chi connectivity index (χ1n) is 6.47. The van der Waals surface area contributed by atoms with E-state index in [9.17, 15) is 9.00 Å². The largest absolute Gasteiger partial charge is 0.315 e. The first-order valence-corrected chi connectivity index (χ1v) is 8.33. The Morgan fingerprint density at radius 3 is 2.37 bits per heavy atom. The number of nitrogens with zero attached hydrogens (tertiary/aromatic N) is 1. The highest BCUT2D eigenvalue weighted by molar-refractivity contribution is 7.94. The molecule has 0 atom stereocenters. The maximum atomic E-state index is 12.5. The zero-order chi connectivity index (χ0) is 13.9. The van der Waals surface area contributed by atoms with Gasteiger partial charge in [-0.25, -0.2) is 4.21 Å². The SMILES string of the molecule is CC(C)(C(=O)N=S1(=O)CCNCC1)c1ccccc1. The van der Waals surface area contributed by atoms with E-state index in [1.54, 1.807) is 0 Å². The zero-order valence-corrected chi connectivity index (χ0v) is 12.2. The Kier molecular flexibility index (Phi) is 4.06. The lowest BCUT2D eigenvalue weighted by Crippen LogP contribution is -2.37. The van der Waals surface area contributed by atoms with Crippen LogP contribution in [-0.2, 0) is 19.9 Å². The number of benzene rings is 1. The van der Waals surface area contributed by atoms with Crippen molar-refractivity contribution < 1.29 is 9.00 Å². The normalized spacial score (nSPS) is 18.8. The number of rotatable bonds is 2. The molecule has 0 radical (unpaired) electrons. The topological polar surface area (TPSA) is 58.5 Å². The van der Waals surface area contributed by atoms with Crippen molar-refractivity contribution in [1.82, 2.24) is 5.32 Å². The lowest BCUT2D eigenvalue weighted by molar-refractivity contribution is -0.122. The molecular weight excluding hydrogens is 260 g/mol. The van der Waals surface area contributed by atoms with Crippen molar-refractivity contribution in [2.45, 2.75) is 19.3 Å². The molecule has 1 heterocycles. The van der Waals surface area contributed by atoms with Crippen LogP contribution in [0.3, 0.4) is 0 Å². The first kappa shape index (κ1) is 14.2. The monoisotopic (exact) mass is 280 g/mol. The molecule has 0 saturated carbocycles. The third-order valence-corrected chi connectivity index (χ3v) is 5.66. The number of nitrogens with one attached hydrogen (secondary N) is 1. The fraction of sp³-hybridized carbons (Fsp3) is 0.500. The van der Waals surface area contributed by atoms with E-state index in [0.717, 1.165) is 5.56 Å². The van der Waals surface area contributed by atoms with E-state index in [1.807, 2.05) is 44.2 Å². The quantitative estimate of drug-likeness (QED) is 0.894. The number of hydrogen-bond donors (Lipinski definition) is 1. The molecule has 1 fully saturated rings. The highest BCUT2D eigenvalue weighted by Crippen LogP contribution is 2.25. The van der Waals surface area contributed by atoms with Gasteiger partial charge in [0.05, 0.1) is 15.1 Å². The molecule has 1 aliphatic rings. The summed E-state index contributed by atoms with van der Waals surface area (Å²) in [5, 5.41) is 3.13. The van der Waals surface area contributed by atoms with Gasteiger partial charge in [-0.2, -0.15) is 4.36 Å². The summed E-state index contributed by atoms with van der Waals surface area (Å²) in [5.41, 5.74) is 0.178. The van der Waals surface area contributed by atoms with Gasteiger partial charge in [0.2, 0.25) is 0 Å². The second-order valence-corrected chi connectivity index (χ2v) is 7.86. The average molecular weight is 280 g/mol. The minimum absolute atomic E-state index is 0.286. The van der Waals surface area contributed by atoms with Crippen LogP contribution in [0, 0.1) is 0 Å². The second kappa shape index (κ2) is 5.43. The Morgan fingerprint density at radius 2 is 1.79 bits per heavy atom. The fourth-order valence-electron chi connectivity index (χ4n) is 2.03. The van der Waals surface area contributed by atoms with E-state index < -0.39 is 15.1 Å². The molecule has 19 heavy (non-hydrogen) atoms. The van der Waals surface area contributed by atoms with Crippen molar-refractivity contribution in [2.75, 3.05) is 24.6 Å². The molecule has 0 unspecified atom stereocenters. The highest BCUT2D eigenvalue weighted by atomic mass is 32.2. The highest BCUT2D eigenvalue weighted by Gasteiger charge is 2.31. The number of hydrogen-bond acceptors (Lipinski definition) is 3. The van der Waals surface area contributed by atoms with E-state index in [1.165, 1.54) is 0 Å². The number of carbonyl (C=O) groups excluding carboxylic acids is 1. The summed E-state index contributed by atoms with van der Waals surface area (Å²) in [5.74, 6) is 0.637. The van der Waals surface area contributed by atoms with Crippen LogP contribution >= 0.6 is 0 Å². The molecule has 0 aliphatic carbocycles. The summed E-state index contributed by atoms with van der Waals surface area (Å²) in [6.45, 7) is 5.00. The van der Waals surface area contributed by atoms with Crippen LogP contribution in [-0.4, -0.2) is 34.7 Å². The number of carbonyl (C=O) groups is 1. The molecule has 4 nitrogen and oxygen atoms in total. The van der Waals surface area contributed by atoms with Crippen LogP contribution < -0.4 is 5.32 Å². The molecule has 0 bridgehead atoms. The van der Waals surface area contributed by atoms with Crippen molar-refractivity contribution in [3.8, 4) is 0 Å². The van der Waals surface area contributed by atoms with Gasteiger partial charge in [-0.05, 0) is 19.4 Å². The molecule has 1 saturated heterocycles. The summed E-state index contributed by atoms with van der Waals surface area (Å²) >= 11 is 0. The van der Waals surface area contributed by atoms with E-state index in [2.05, 4.69) is 9.68 Å². The van der Waals surface area contributed by atoms with Crippen LogP contribution in [0.5, 0.6) is 0 Å². The molecule has 1 amide bonds.